The van der Waals surface area contributed by atoms with Crippen LogP contribution in [0, 0.1) is 34.5 Å². The Labute approximate surface area is 174 Å². The standard InChI is InChI=1S/C25H36N2O2/c1-24-10-8-18(28)13-16(24)14-21(29)23-19-6-7-22(25(19,2)11-9-20(23)24)27-15-17-5-3-4-12-26-17/h3-5,12,16,18-21,23,28-29H,6-11,13-15H2,1-2H3/t16-,18+,19-,20-,21+,23-,24-,25-/m0/s1. The van der Waals surface area contributed by atoms with Crippen molar-refractivity contribution in [2.24, 2.45) is 39.5 Å². The lowest BCUT2D eigenvalue weighted by Crippen LogP contribution is -2.58. The second kappa shape index (κ2) is 7.16. The molecule has 5 rings (SSSR count). The minimum Gasteiger partial charge on any atom is -0.393 e. The van der Waals surface area contributed by atoms with Crippen LogP contribution in [0.1, 0.15) is 70.9 Å². The molecule has 4 heteroatoms. The first-order valence-electron chi connectivity index (χ1n) is 11.7. The molecule has 0 saturated heterocycles. The number of aromatic nitrogens is 1. The first-order valence-corrected chi connectivity index (χ1v) is 11.7. The fraction of sp³-hybridized carbons (Fsp3) is 0.760. The monoisotopic (exact) mass is 396 g/mol. The second-order valence-corrected chi connectivity index (χ2v) is 10.8. The molecule has 158 valence electrons. The van der Waals surface area contributed by atoms with E-state index in [9.17, 15) is 10.2 Å². The smallest absolute Gasteiger partial charge is 0.0811 e. The first kappa shape index (κ1) is 19.7. The molecular formula is C25H36N2O2. The summed E-state index contributed by atoms with van der Waals surface area (Å²) in [7, 11) is 0. The van der Waals surface area contributed by atoms with Crippen LogP contribution in [-0.2, 0) is 6.54 Å². The van der Waals surface area contributed by atoms with E-state index in [1.165, 1.54) is 25.0 Å². The van der Waals surface area contributed by atoms with Crippen LogP contribution in [0.15, 0.2) is 29.4 Å². The lowest BCUT2D eigenvalue weighted by Gasteiger charge is -2.61. The van der Waals surface area contributed by atoms with Crippen molar-refractivity contribution in [1.82, 2.24) is 4.98 Å². The predicted molar refractivity (Wildman–Crippen MR) is 114 cm³/mol. The number of pyridine rings is 1. The molecule has 4 aliphatic rings. The van der Waals surface area contributed by atoms with Gasteiger partial charge in [-0.1, -0.05) is 19.9 Å². The Balaban J connectivity index is 1.40. The average molecular weight is 397 g/mol. The molecule has 4 saturated carbocycles. The Morgan fingerprint density at radius 2 is 1.93 bits per heavy atom. The van der Waals surface area contributed by atoms with Crippen molar-refractivity contribution in [2.75, 3.05) is 0 Å². The number of hydrogen-bond acceptors (Lipinski definition) is 4. The van der Waals surface area contributed by atoms with Crippen LogP contribution >= 0.6 is 0 Å². The summed E-state index contributed by atoms with van der Waals surface area (Å²) < 4.78 is 0. The van der Waals surface area contributed by atoms with Gasteiger partial charge in [0.15, 0.2) is 0 Å². The highest BCUT2D eigenvalue weighted by molar-refractivity contribution is 5.92. The van der Waals surface area contributed by atoms with Crippen LogP contribution in [-0.4, -0.2) is 33.1 Å². The second-order valence-electron chi connectivity index (χ2n) is 10.8. The molecule has 1 heterocycles. The molecule has 0 bridgehead atoms. The molecule has 0 aliphatic heterocycles. The molecule has 0 spiro atoms. The molecule has 0 amide bonds. The van der Waals surface area contributed by atoms with Gasteiger partial charge in [-0.3, -0.25) is 9.98 Å². The number of hydrogen-bond donors (Lipinski definition) is 2. The Morgan fingerprint density at radius 3 is 2.72 bits per heavy atom. The van der Waals surface area contributed by atoms with Crippen LogP contribution in [0.3, 0.4) is 0 Å². The van der Waals surface area contributed by atoms with Crippen LogP contribution < -0.4 is 0 Å². The lowest BCUT2D eigenvalue weighted by molar-refractivity contribution is -0.162. The zero-order chi connectivity index (χ0) is 20.2. The maximum atomic E-state index is 11.3. The Kier molecular flexibility index (Phi) is 4.86. The van der Waals surface area contributed by atoms with Crippen molar-refractivity contribution < 1.29 is 10.2 Å². The molecule has 0 aromatic carbocycles. The fourth-order valence-corrected chi connectivity index (χ4v) is 7.92. The third kappa shape index (κ3) is 3.09. The topological polar surface area (TPSA) is 65.7 Å². The summed E-state index contributed by atoms with van der Waals surface area (Å²) in [5.74, 6) is 2.01. The maximum Gasteiger partial charge on any atom is 0.0811 e. The van der Waals surface area contributed by atoms with Gasteiger partial charge in [-0.25, -0.2) is 0 Å². The van der Waals surface area contributed by atoms with Crippen LogP contribution in [0.25, 0.3) is 0 Å². The van der Waals surface area contributed by atoms with Gasteiger partial charge < -0.3 is 10.2 Å². The molecule has 2 N–H and O–H groups in total. The third-order valence-corrected chi connectivity index (χ3v) is 9.55. The highest BCUT2D eigenvalue weighted by Gasteiger charge is 2.61. The number of rotatable bonds is 2. The Bertz CT molecular complexity index is 780. The normalized spacial score (nSPS) is 48.1. The first-order chi connectivity index (χ1) is 13.9. The summed E-state index contributed by atoms with van der Waals surface area (Å²) in [6.45, 7) is 5.57. The summed E-state index contributed by atoms with van der Waals surface area (Å²) in [4.78, 5) is 9.50. The highest BCUT2D eigenvalue weighted by atomic mass is 16.3. The summed E-state index contributed by atoms with van der Waals surface area (Å²) in [6, 6.07) is 6.04. The molecule has 4 nitrogen and oxygen atoms in total. The van der Waals surface area contributed by atoms with E-state index in [1.54, 1.807) is 0 Å². The van der Waals surface area contributed by atoms with E-state index in [-0.39, 0.29) is 23.0 Å². The molecule has 1 aromatic heterocycles. The van der Waals surface area contributed by atoms with Gasteiger partial charge in [-0.15, -0.1) is 0 Å². The zero-order valence-corrected chi connectivity index (χ0v) is 17.9. The number of nitrogens with zero attached hydrogens (tertiary/aromatic N) is 2. The van der Waals surface area contributed by atoms with Crippen LogP contribution in [0.5, 0.6) is 0 Å². The Morgan fingerprint density at radius 1 is 1.07 bits per heavy atom. The van der Waals surface area contributed by atoms with E-state index in [1.807, 2.05) is 18.3 Å². The maximum absolute atomic E-state index is 11.3. The van der Waals surface area contributed by atoms with Crippen LogP contribution in [0.2, 0.25) is 0 Å². The Hall–Kier alpha value is -1.26. The van der Waals surface area contributed by atoms with Gasteiger partial charge in [0.1, 0.15) is 0 Å². The molecular weight excluding hydrogens is 360 g/mol. The quantitative estimate of drug-likeness (QED) is 0.779. The van der Waals surface area contributed by atoms with Gasteiger partial charge >= 0.3 is 0 Å². The SMILES string of the molecule is C[C@]12CC[C@@H](O)C[C@H]1C[C@@H](O)[C@@H]1[C@@H]2CC[C@]2(C)C(=NCc3ccccn3)CC[C@@H]12. The summed E-state index contributed by atoms with van der Waals surface area (Å²) in [6.07, 6.45) is 9.90. The molecule has 8 atom stereocenters. The molecule has 1 aromatic rings. The predicted octanol–water partition coefficient (Wildman–Crippen LogP) is 4.40. The van der Waals surface area contributed by atoms with E-state index in [0.29, 0.717) is 30.2 Å². The van der Waals surface area contributed by atoms with E-state index in [2.05, 4.69) is 24.9 Å². The lowest BCUT2D eigenvalue weighted by atomic mass is 9.44. The van der Waals surface area contributed by atoms with E-state index in [4.69, 9.17) is 4.99 Å². The van der Waals surface area contributed by atoms with Crippen molar-refractivity contribution >= 4 is 5.71 Å². The molecule has 4 fully saturated rings. The third-order valence-electron chi connectivity index (χ3n) is 9.55. The molecule has 4 aliphatic carbocycles. The van der Waals surface area contributed by atoms with Crippen LogP contribution in [0.4, 0.5) is 0 Å². The number of aliphatic hydroxyl groups excluding tert-OH is 2. The highest BCUT2D eigenvalue weighted by Crippen LogP contribution is 2.65. The van der Waals surface area contributed by atoms with E-state index in [0.717, 1.165) is 37.8 Å². The van der Waals surface area contributed by atoms with Gasteiger partial charge in [0.2, 0.25) is 0 Å². The summed E-state index contributed by atoms with van der Waals surface area (Å²) >= 11 is 0. The summed E-state index contributed by atoms with van der Waals surface area (Å²) in [5.41, 5.74) is 2.83. The van der Waals surface area contributed by atoms with Gasteiger partial charge in [0.05, 0.1) is 24.4 Å². The molecule has 0 unspecified atom stereocenters. The van der Waals surface area contributed by atoms with Crippen molar-refractivity contribution in [2.45, 2.75) is 84.0 Å². The van der Waals surface area contributed by atoms with Gasteiger partial charge in [-0.05, 0) is 92.6 Å². The minimum atomic E-state index is -0.219. The van der Waals surface area contributed by atoms with E-state index >= 15 is 0 Å². The number of fused-ring (bicyclic) bond motifs is 5. The molecule has 29 heavy (non-hydrogen) atoms. The number of aliphatic hydroxyl groups is 2. The van der Waals surface area contributed by atoms with Gasteiger partial charge in [-0.2, -0.15) is 0 Å². The zero-order valence-electron chi connectivity index (χ0n) is 17.9. The number of aliphatic imine (C=N–C) groups is 1. The van der Waals surface area contributed by atoms with Crippen molar-refractivity contribution in [3.8, 4) is 0 Å². The average Bonchev–Trinajstić information content (AvgIpc) is 3.05. The van der Waals surface area contributed by atoms with Gasteiger partial charge in [0, 0.05) is 17.3 Å². The van der Waals surface area contributed by atoms with E-state index < -0.39 is 0 Å². The van der Waals surface area contributed by atoms with Crippen molar-refractivity contribution in [1.29, 1.82) is 0 Å². The van der Waals surface area contributed by atoms with Crippen molar-refractivity contribution in [3.05, 3.63) is 30.1 Å². The van der Waals surface area contributed by atoms with Crippen molar-refractivity contribution in [3.63, 3.8) is 0 Å². The largest absolute Gasteiger partial charge is 0.393 e. The van der Waals surface area contributed by atoms with Gasteiger partial charge in [0.25, 0.3) is 0 Å². The minimum absolute atomic E-state index is 0.133. The molecule has 0 radical (unpaired) electrons. The summed E-state index contributed by atoms with van der Waals surface area (Å²) in [5, 5.41) is 21.5. The fourth-order valence-electron chi connectivity index (χ4n) is 7.92.